The fourth-order valence-corrected chi connectivity index (χ4v) is 4.12. The predicted octanol–water partition coefficient (Wildman–Crippen LogP) is 6.01. The Morgan fingerprint density at radius 1 is 1.09 bits per heavy atom. The highest BCUT2D eigenvalue weighted by Crippen LogP contribution is 2.43. The monoisotopic (exact) mass is 498 g/mol. The molecule has 0 saturated carbocycles. The molecule has 184 valence electrons. The third-order valence-corrected chi connectivity index (χ3v) is 5.70. The molecule has 0 bridgehead atoms. The van der Waals surface area contributed by atoms with Gasteiger partial charge in [-0.15, -0.1) is 8.78 Å². The Labute approximate surface area is 194 Å². The SMILES string of the molecule is CC(Oc1cc(-n2nc(C(F)(F)F)c3c2C(=O)CCC3)ccc1F)c1ccc2c(c1)OC(F)(F)O2. The summed E-state index contributed by atoms with van der Waals surface area (Å²) in [6.45, 7) is 1.52. The minimum Gasteiger partial charge on any atom is -0.483 e. The van der Waals surface area contributed by atoms with Crippen molar-refractivity contribution in [1.82, 2.24) is 9.78 Å². The lowest BCUT2D eigenvalue weighted by molar-refractivity contribution is -0.286. The first-order chi connectivity index (χ1) is 16.4. The summed E-state index contributed by atoms with van der Waals surface area (Å²) in [6, 6.07) is 7.22. The third kappa shape index (κ3) is 4.17. The van der Waals surface area contributed by atoms with E-state index < -0.39 is 35.9 Å². The minimum absolute atomic E-state index is 0.000860. The van der Waals surface area contributed by atoms with Crippen LogP contribution in [0, 0.1) is 5.82 Å². The van der Waals surface area contributed by atoms with Gasteiger partial charge in [0.1, 0.15) is 11.8 Å². The molecule has 6 nitrogen and oxygen atoms in total. The second-order valence-electron chi connectivity index (χ2n) is 8.11. The summed E-state index contributed by atoms with van der Waals surface area (Å²) in [5.41, 5.74) is -1.18. The number of ketones is 1. The quantitative estimate of drug-likeness (QED) is 0.413. The van der Waals surface area contributed by atoms with Gasteiger partial charge in [-0.2, -0.15) is 18.3 Å². The number of alkyl halides is 5. The van der Waals surface area contributed by atoms with Crippen LogP contribution in [0.2, 0.25) is 0 Å². The number of nitrogens with zero attached hydrogens (tertiary/aromatic N) is 2. The standard InChI is InChI=1S/C23H16F6N2O4/c1-11(12-5-8-17-19(9-12)35-23(28,29)34-17)33-18-10-13(6-7-15(18)24)31-20-14(3-2-4-16(20)32)21(30-31)22(25,26)27/h5-11H,2-4H2,1H3. The molecule has 1 aromatic heterocycles. The maximum absolute atomic E-state index is 14.5. The van der Waals surface area contributed by atoms with Gasteiger partial charge in [0.05, 0.1) is 5.69 Å². The van der Waals surface area contributed by atoms with Gasteiger partial charge in [0.15, 0.2) is 34.5 Å². The van der Waals surface area contributed by atoms with Gasteiger partial charge >= 0.3 is 12.5 Å². The molecule has 0 saturated heterocycles. The van der Waals surface area contributed by atoms with Crippen molar-refractivity contribution in [1.29, 1.82) is 0 Å². The number of hydrogen-bond acceptors (Lipinski definition) is 5. The molecule has 1 aliphatic heterocycles. The van der Waals surface area contributed by atoms with E-state index in [4.69, 9.17) is 4.74 Å². The van der Waals surface area contributed by atoms with Gasteiger partial charge in [0.25, 0.3) is 0 Å². The largest absolute Gasteiger partial charge is 0.586 e. The van der Waals surface area contributed by atoms with Crippen molar-refractivity contribution in [3.8, 4) is 22.9 Å². The number of benzene rings is 2. The van der Waals surface area contributed by atoms with Crippen LogP contribution in [-0.2, 0) is 12.6 Å². The molecular formula is C23H16F6N2O4. The molecule has 35 heavy (non-hydrogen) atoms. The Hall–Kier alpha value is -3.70. The lowest BCUT2D eigenvalue weighted by Gasteiger charge is -2.18. The smallest absolute Gasteiger partial charge is 0.483 e. The highest BCUT2D eigenvalue weighted by atomic mass is 19.4. The van der Waals surface area contributed by atoms with E-state index in [9.17, 15) is 31.1 Å². The van der Waals surface area contributed by atoms with Crippen LogP contribution in [0.5, 0.6) is 17.2 Å². The van der Waals surface area contributed by atoms with E-state index in [1.54, 1.807) is 0 Å². The number of hydrogen-bond donors (Lipinski definition) is 0. The first-order valence-electron chi connectivity index (χ1n) is 10.5. The molecule has 12 heteroatoms. The van der Waals surface area contributed by atoms with Crippen LogP contribution in [0.4, 0.5) is 26.3 Å². The molecule has 2 aliphatic rings. The zero-order valence-corrected chi connectivity index (χ0v) is 18.0. The number of aromatic nitrogens is 2. The normalized spacial score (nSPS) is 17.3. The Bertz CT molecular complexity index is 1330. The summed E-state index contributed by atoms with van der Waals surface area (Å²) in [5, 5.41) is 3.64. The average molecular weight is 498 g/mol. The number of ether oxygens (including phenoxy) is 3. The molecular weight excluding hydrogens is 482 g/mol. The Kier molecular flexibility index (Phi) is 5.22. The van der Waals surface area contributed by atoms with Crippen LogP contribution in [-0.4, -0.2) is 21.9 Å². The van der Waals surface area contributed by atoms with Gasteiger partial charge in [0.2, 0.25) is 0 Å². The van der Waals surface area contributed by atoms with Crippen molar-refractivity contribution in [2.24, 2.45) is 0 Å². The molecule has 1 atom stereocenters. The summed E-state index contributed by atoms with van der Waals surface area (Å²) in [6.07, 6.45) is -9.06. The maximum Gasteiger partial charge on any atom is 0.586 e. The van der Waals surface area contributed by atoms with Crippen molar-refractivity contribution in [3.63, 3.8) is 0 Å². The summed E-state index contributed by atoms with van der Waals surface area (Å²) in [5.74, 6) is -2.05. The highest BCUT2D eigenvalue weighted by Gasteiger charge is 2.44. The zero-order chi connectivity index (χ0) is 25.1. The van der Waals surface area contributed by atoms with E-state index in [1.165, 1.54) is 31.2 Å². The number of carbonyl (C=O) groups is 1. The molecule has 0 amide bonds. The van der Waals surface area contributed by atoms with E-state index in [0.717, 1.165) is 16.8 Å². The molecule has 0 radical (unpaired) electrons. The predicted molar refractivity (Wildman–Crippen MR) is 107 cm³/mol. The minimum atomic E-state index is -4.77. The van der Waals surface area contributed by atoms with Crippen molar-refractivity contribution in [3.05, 3.63) is 64.7 Å². The number of fused-ring (bicyclic) bond motifs is 2. The molecule has 2 aromatic carbocycles. The van der Waals surface area contributed by atoms with Crippen LogP contribution in [0.1, 0.15) is 53.2 Å². The van der Waals surface area contributed by atoms with Gasteiger partial charge in [0, 0.05) is 18.1 Å². The van der Waals surface area contributed by atoms with E-state index in [0.29, 0.717) is 5.56 Å². The second kappa shape index (κ2) is 7.92. The van der Waals surface area contributed by atoms with Crippen molar-refractivity contribution >= 4 is 5.78 Å². The van der Waals surface area contributed by atoms with Crippen molar-refractivity contribution < 1.29 is 45.3 Å². The molecule has 0 N–H and O–H groups in total. The van der Waals surface area contributed by atoms with Crippen LogP contribution >= 0.6 is 0 Å². The molecule has 1 unspecified atom stereocenters. The van der Waals surface area contributed by atoms with Crippen LogP contribution < -0.4 is 14.2 Å². The van der Waals surface area contributed by atoms with Crippen molar-refractivity contribution in [2.45, 2.75) is 44.8 Å². The van der Waals surface area contributed by atoms with Gasteiger partial charge in [-0.3, -0.25) is 4.79 Å². The molecule has 1 aliphatic carbocycles. The number of Topliss-reactive ketones (excluding diaryl/α,β-unsaturated/α-hetero) is 1. The average Bonchev–Trinajstić information content (AvgIpc) is 3.31. The molecule has 2 heterocycles. The number of carbonyl (C=O) groups excluding carboxylic acids is 1. The molecule has 3 aromatic rings. The Morgan fingerprint density at radius 2 is 1.83 bits per heavy atom. The lowest BCUT2D eigenvalue weighted by atomic mass is 9.94. The first-order valence-corrected chi connectivity index (χ1v) is 10.5. The summed E-state index contributed by atoms with van der Waals surface area (Å²) < 4.78 is 97.0. The Morgan fingerprint density at radius 3 is 2.57 bits per heavy atom. The van der Waals surface area contributed by atoms with Gasteiger partial charge in [-0.1, -0.05) is 6.07 Å². The lowest BCUT2D eigenvalue weighted by Crippen LogP contribution is -2.25. The second-order valence-corrected chi connectivity index (χ2v) is 8.11. The molecule has 0 spiro atoms. The van der Waals surface area contributed by atoms with Gasteiger partial charge in [-0.25, -0.2) is 9.07 Å². The van der Waals surface area contributed by atoms with Crippen LogP contribution in [0.25, 0.3) is 5.69 Å². The highest BCUT2D eigenvalue weighted by molar-refractivity contribution is 5.97. The summed E-state index contributed by atoms with van der Waals surface area (Å²) in [4.78, 5) is 12.5. The van der Waals surface area contributed by atoms with E-state index in [2.05, 4.69) is 14.6 Å². The van der Waals surface area contributed by atoms with Crippen LogP contribution in [0.15, 0.2) is 36.4 Å². The van der Waals surface area contributed by atoms with E-state index in [1.807, 2.05) is 0 Å². The Balaban J connectivity index is 1.48. The van der Waals surface area contributed by atoms with Crippen molar-refractivity contribution in [2.75, 3.05) is 0 Å². The topological polar surface area (TPSA) is 62.6 Å². The first kappa shape index (κ1) is 23.1. The van der Waals surface area contributed by atoms with Gasteiger partial charge < -0.3 is 14.2 Å². The molecule has 5 rings (SSSR count). The zero-order valence-electron chi connectivity index (χ0n) is 18.0. The summed E-state index contributed by atoms with van der Waals surface area (Å²) in [7, 11) is 0. The van der Waals surface area contributed by atoms with Crippen LogP contribution in [0.3, 0.4) is 0 Å². The number of halogens is 6. The van der Waals surface area contributed by atoms with E-state index in [-0.39, 0.29) is 53.5 Å². The fraction of sp³-hybridized carbons (Fsp3) is 0.304. The number of rotatable bonds is 4. The fourth-order valence-electron chi connectivity index (χ4n) is 4.12. The summed E-state index contributed by atoms with van der Waals surface area (Å²) >= 11 is 0. The third-order valence-electron chi connectivity index (χ3n) is 5.70. The van der Waals surface area contributed by atoms with E-state index >= 15 is 0 Å². The van der Waals surface area contributed by atoms with Gasteiger partial charge in [-0.05, 0) is 49.6 Å². The maximum atomic E-state index is 14.5. The molecule has 0 fully saturated rings.